The number of carbonyl (C=O) groups excluding carboxylic acids is 1. The van der Waals surface area contributed by atoms with Crippen LogP contribution in [0.1, 0.15) is 6.92 Å². The molecule has 0 atom stereocenters. The van der Waals surface area contributed by atoms with E-state index < -0.39 is 0 Å². The summed E-state index contributed by atoms with van der Waals surface area (Å²) in [7, 11) is 0. The Bertz CT molecular complexity index is 349. The number of hydrogen-bond donors (Lipinski definition) is 1. The van der Waals surface area contributed by atoms with Crippen LogP contribution in [0.15, 0.2) is 33.8 Å². The molecule has 0 saturated carbocycles. The predicted molar refractivity (Wildman–Crippen MR) is 61.9 cm³/mol. The molecule has 0 aliphatic carbocycles. The maximum absolute atomic E-state index is 11.1. The summed E-state index contributed by atoms with van der Waals surface area (Å²) in [6.45, 7) is 1.68. The minimum atomic E-state index is -0.281. The largest absolute Gasteiger partial charge is 0.484 e. The first kappa shape index (κ1) is 11.7. The lowest BCUT2D eigenvalue weighted by Gasteiger charge is -2.04. The number of amides is 1. The number of halogens is 1. The van der Waals surface area contributed by atoms with Crippen molar-refractivity contribution in [2.75, 3.05) is 6.61 Å². The number of ether oxygens (including phenoxy) is 1. The van der Waals surface area contributed by atoms with Gasteiger partial charge in [0.15, 0.2) is 6.61 Å². The van der Waals surface area contributed by atoms with Gasteiger partial charge in [0.1, 0.15) is 5.75 Å². The molecule has 1 rings (SSSR count). The Kier molecular flexibility index (Phi) is 4.83. The normalized spacial score (nSPS) is 10.3. The van der Waals surface area contributed by atoms with Crippen molar-refractivity contribution in [2.45, 2.75) is 6.92 Å². The Balaban J connectivity index is 2.37. The van der Waals surface area contributed by atoms with Crippen LogP contribution in [0.5, 0.6) is 5.75 Å². The molecular weight excluding hydrogens is 260 g/mol. The summed E-state index contributed by atoms with van der Waals surface area (Å²) in [6, 6.07) is 7.25. The van der Waals surface area contributed by atoms with Gasteiger partial charge in [0.05, 0.1) is 0 Å². The highest BCUT2D eigenvalue weighted by Crippen LogP contribution is 2.15. The van der Waals surface area contributed by atoms with Gasteiger partial charge in [0, 0.05) is 10.7 Å². The Morgan fingerprint density at radius 1 is 1.53 bits per heavy atom. The van der Waals surface area contributed by atoms with Gasteiger partial charge in [-0.15, -0.1) is 0 Å². The topological polar surface area (TPSA) is 50.7 Å². The standard InChI is InChI=1S/C10H11BrN2O2/c1-2-12-13-10(14)7-15-9-5-3-8(11)4-6-9/h2-6H,7H2,1H3,(H,13,14)/b12-2+. The summed E-state index contributed by atoms with van der Waals surface area (Å²) in [5.74, 6) is 0.366. The zero-order valence-corrected chi connectivity index (χ0v) is 9.82. The molecule has 4 nitrogen and oxygen atoms in total. The van der Waals surface area contributed by atoms with Crippen LogP contribution in [0.2, 0.25) is 0 Å². The van der Waals surface area contributed by atoms with Gasteiger partial charge in [0.2, 0.25) is 0 Å². The third-order valence-electron chi connectivity index (χ3n) is 1.50. The highest BCUT2D eigenvalue weighted by atomic mass is 79.9. The molecule has 1 aromatic rings. The van der Waals surface area contributed by atoms with E-state index in [2.05, 4.69) is 26.5 Å². The molecule has 0 fully saturated rings. The van der Waals surface area contributed by atoms with Crippen molar-refractivity contribution in [1.82, 2.24) is 5.43 Å². The van der Waals surface area contributed by atoms with Gasteiger partial charge >= 0.3 is 0 Å². The predicted octanol–water partition coefficient (Wildman–Crippen LogP) is 1.95. The first-order valence-electron chi connectivity index (χ1n) is 4.37. The van der Waals surface area contributed by atoms with Crippen LogP contribution in [0.25, 0.3) is 0 Å². The maximum Gasteiger partial charge on any atom is 0.277 e. The zero-order chi connectivity index (χ0) is 11.1. The molecule has 0 radical (unpaired) electrons. The number of nitrogens with zero attached hydrogens (tertiary/aromatic N) is 1. The Labute approximate surface area is 96.4 Å². The molecule has 0 saturated heterocycles. The van der Waals surface area contributed by atoms with Gasteiger partial charge in [-0.25, -0.2) is 5.43 Å². The third-order valence-corrected chi connectivity index (χ3v) is 2.03. The molecular formula is C10H11BrN2O2. The molecule has 0 bridgehead atoms. The van der Waals surface area contributed by atoms with Crippen molar-refractivity contribution < 1.29 is 9.53 Å². The van der Waals surface area contributed by atoms with Crippen LogP contribution in [-0.4, -0.2) is 18.7 Å². The molecule has 5 heteroatoms. The molecule has 0 aromatic heterocycles. The summed E-state index contributed by atoms with van der Waals surface area (Å²) in [5.41, 5.74) is 2.31. The fraction of sp³-hybridized carbons (Fsp3) is 0.200. The van der Waals surface area contributed by atoms with Crippen LogP contribution in [0.4, 0.5) is 0 Å². The molecule has 1 N–H and O–H groups in total. The molecule has 80 valence electrons. The average molecular weight is 271 g/mol. The lowest BCUT2D eigenvalue weighted by Crippen LogP contribution is -2.24. The lowest BCUT2D eigenvalue weighted by molar-refractivity contribution is -0.123. The van der Waals surface area contributed by atoms with Crippen LogP contribution < -0.4 is 10.2 Å². The molecule has 1 aromatic carbocycles. The van der Waals surface area contributed by atoms with Crippen molar-refractivity contribution in [2.24, 2.45) is 5.10 Å². The van der Waals surface area contributed by atoms with E-state index in [4.69, 9.17) is 4.74 Å². The smallest absolute Gasteiger partial charge is 0.277 e. The second-order valence-corrected chi connectivity index (χ2v) is 3.58. The van der Waals surface area contributed by atoms with Gasteiger partial charge in [0.25, 0.3) is 5.91 Å². The van der Waals surface area contributed by atoms with Crippen molar-refractivity contribution in [3.8, 4) is 5.75 Å². The Hall–Kier alpha value is -1.36. The molecule has 15 heavy (non-hydrogen) atoms. The fourth-order valence-corrected chi connectivity index (χ4v) is 1.11. The highest BCUT2D eigenvalue weighted by molar-refractivity contribution is 9.10. The Morgan fingerprint density at radius 2 is 2.20 bits per heavy atom. The van der Waals surface area contributed by atoms with Crippen molar-refractivity contribution in [1.29, 1.82) is 0 Å². The second-order valence-electron chi connectivity index (χ2n) is 2.66. The lowest BCUT2D eigenvalue weighted by atomic mass is 10.3. The van der Waals surface area contributed by atoms with Crippen molar-refractivity contribution >= 4 is 28.1 Å². The number of rotatable bonds is 4. The molecule has 0 aliphatic rings. The van der Waals surface area contributed by atoms with Crippen molar-refractivity contribution in [3.63, 3.8) is 0 Å². The van der Waals surface area contributed by atoms with E-state index in [-0.39, 0.29) is 12.5 Å². The van der Waals surface area contributed by atoms with Gasteiger partial charge in [-0.2, -0.15) is 5.10 Å². The van der Waals surface area contributed by atoms with Crippen molar-refractivity contribution in [3.05, 3.63) is 28.7 Å². The van der Waals surface area contributed by atoms with E-state index in [1.165, 1.54) is 6.21 Å². The summed E-state index contributed by atoms with van der Waals surface area (Å²) in [6.07, 6.45) is 1.50. The van der Waals surface area contributed by atoms with Gasteiger partial charge in [-0.1, -0.05) is 15.9 Å². The highest BCUT2D eigenvalue weighted by Gasteiger charge is 2.00. The second kappa shape index (κ2) is 6.19. The number of nitrogens with one attached hydrogen (secondary N) is 1. The molecule has 1 amide bonds. The quantitative estimate of drug-likeness (QED) is 0.672. The number of carbonyl (C=O) groups is 1. The van der Waals surface area contributed by atoms with E-state index >= 15 is 0 Å². The third kappa shape index (κ3) is 4.60. The van der Waals surface area contributed by atoms with E-state index in [9.17, 15) is 4.79 Å². The fourth-order valence-electron chi connectivity index (χ4n) is 0.849. The van der Waals surface area contributed by atoms with Crippen LogP contribution >= 0.6 is 15.9 Å². The van der Waals surface area contributed by atoms with Crippen LogP contribution in [0, 0.1) is 0 Å². The summed E-state index contributed by atoms with van der Waals surface area (Å²) >= 11 is 3.31. The zero-order valence-electron chi connectivity index (χ0n) is 8.24. The first-order chi connectivity index (χ1) is 7.22. The van der Waals surface area contributed by atoms with E-state index in [0.717, 1.165) is 4.47 Å². The Morgan fingerprint density at radius 3 is 2.80 bits per heavy atom. The average Bonchev–Trinajstić information content (AvgIpc) is 2.25. The summed E-state index contributed by atoms with van der Waals surface area (Å²) in [5, 5.41) is 3.59. The maximum atomic E-state index is 11.1. The minimum Gasteiger partial charge on any atom is -0.484 e. The summed E-state index contributed by atoms with van der Waals surface area (Å²) in [4.78, 5) is 11.1. The van der Waals surface area contributed by atoms with Gasteiger partial charge in [-0.3, -0.25) is 4.79 Å². The number of hydrogen-bond acceptors (Lipinski definition) is 3. The van der Waals surface area contributed by atoms with E-state index in [1.54, 1.807) is 19.1 Å². The number of hydrazone groups is 1. The van der Waals surface area contributed by atoms with Crippen LogP contribution in [0.3, 0.4) is 0 Å². The molecule has 0 heterocycles. The molecule has 0 spiro atoms. The first-order valence-corrected chi connectivity index (χ1v) is 5.16. The van der Waals surface area contributed by atoms with E-state index in [0.29, 0.717) is 5.75 Å². The monoisotopic (exact) mass is 270 g/mol. The van der Waals surface area contributed by atoms with E-state index in [1.807, 2.05) is 12.1 Å². The minimum absolute atomic E-state index is 0.0427. The molecule has 0 unspecified atom stereocenters. The molecule has 0 aliphatic heterocycles. The van der Waals surface area contributed by atoms with Gasteiger partial charge in [-0.05, 0) is 31.2 Å². The number of benzene rings is 1. The van der Waals surface area contributed by atoms with Gasteiger partial charge < -0.3 is 4.74 Å². The van der Waals surface area contributed by atoms with Crippen LogP contribution in [-0.2, 0) is 4.79 Å². The summed E-state index contributed by atoms with van der Waals surface area (Å²) < 4.78 is 6.18. The SMILES string of the molecule is C/C=N/NC(=O)COc1ccc(Br)cc1.